The van der Waals surface area contributed by atoms with E-state index in [4.69, 9.17) is 0 Å². The molecule has 2 aliphatic rings. The first-order valence-corrected chi connectivity index (χ1v) is 13.1. The number of aryl methyl sites for hydroxylation is 2. The Morgan fingerprint density at radius 3 is 2.41 bits per heavy atom. The van der Waals surface area contributed by atoms with Gasteiger partial charge in [0, 0.05) is 28.9 Å². The highest BCUT2D eigenvalue weighted by molar-refractivity contribution is 7.92. The molecule has 7 heteroatoms. The topological polar surface area (TPSA) is 87.3 Å². The number of benzene rings is 3. The highest BCUT2D eigenvalue weighted by Gasteiger charge is 2.40. The van der Waals surface area contributed by atoms with Crippen LogP contribution in [0.5, 0.6) is 0 Å². The molecule has 3 aromatic rings. The number of fused-ring (bicyclic) bond motifs is 3. The Bertz CT molecular complexity index is 1370. The van der Waals surface area contributed by atoms with Crippen molar-refractivity contribution in [3.05, 3.63) is 88.5 Å². The van der Waals surface area contributed by atoms with Gasteiger partial charge in [-0.2, -0.15) is 0 Å². The van der Waals surface area contributed by atoms with Crippen molar-refractivity contribution >= 4 is 27.2 Å². The molecule has 5 rings (SSSR count). The second-order valence-corrected chi connectivity index (χ2v) is 11.0. The molecule has 1 fully saturated rings. The van der Waals surface area contributed by atoms with Gasteiger partial charge in [0.15, 0.2) is 5.78 Å². The standard InChI is InChI=1S/C27H29N3O3S/c1-16-4-9-21(14-17(16)2)30-34(32,33)22-10-11-25-24(15-22)27-23(12-13-28-27)26(29-25)20-7-5-19(6-8-20)18(3)31/h4-11,14-15,23,26-30H,12-13H2,1-3H3/t23?,26-,27?/m0/s1. The fourth-order valence-electron chi connectivity index (χ4n) is 5.07. The molecule has 3 aromatic carbocycles. The van der Waals surface area contributed by atoms with Crippen molar-refractivity contribution in [2.45, 2.75) is 44.2 Å². The van der Waals surface area contributed by atoms with Crippen LogP contribution in [0.4, 0.5) is 11.4 Å². The lowest BCUT2D eigenvalue weighted by molar-refractivity contribution is 0.101. The maximum Gasteiger partial charge on any atom is 0.261 e. The van der Waals surface area contributed by atoms with E-state index in [2.05, 4.69) is 15.4 Å². The van der Waals surface area contributed by atoms with Crippen LogP contribution in [0.15, 0.2) is 65.6 Å². The normalized spacial score (nSPS) is 21.3. The van der Waals surface area contributed by atoms with Crippen LogP contribution in [0.3, 0.4) is 0 Å². The summed E-state index contributed by atoms with van der Waals surface area (Å²) < 4.78 is 29.1. The van der Waals surface area contributed by atoms with Crippen LogP contribution in [0, 0.1) is 19.8 Å². The maximum atomic E-state index is 13.2. The Balaban J connectivity index is 1.45. The Hall–Kier alpha value is -3.16. The van der Waals surface area contributed by atoms with Gasteiger partial charge in [-0.1, -0.05) is 30.3 Å². The van der Waals surface area contributed by atoms with Gasteiger partial charge in [0.25, 0.3) is 10.0 Å². The minimum atomic E-state index is -3.72. The fourth-order valence-corrected chi connectivity index (χ4v) is 6.15. The van der Waals surface area contributed by atoms with Crippen LogP contribution < -0.4 is 15.4 Å². The Morgan fingerprint density at radius 2 is 1.71 bits per heavy atom. The monoisotopic (exact) mass is 475 g/mol. The second-order valence-electron chi connectivity index (χ2n) is 9.34. The molecule has 2 heterocycles. The third-order valence-corrected chi connectivity index (χ3v) is 8.49. The molecule has 3 N–H and O–H groups in total. The van der Waals surface area contributed by atoms with Gasteiger partial charge in [-0.25, -0.2) is 8.42 Å². The number of carbonyl (C=O) groups excluding carboxylic acids is 1. The van der Waals surface area contributed by atoms with Crippen molar-refractivity contribution in [2.75, 3.05) is 16.6 Å². The number of carbonyl (C=O) groups is 1. The van der Waals surface area contributed by atoms with Gasteiger partial charge in [-0.15, -0.1) is 0 Å². The Labute approximate surface area is 200 Å². The van der Waals surface area contributed by atoms with Crippen LogP contribution in [0.1, 0.15) is 58.0 Å². The quantitative estimate of drug-likeness (QED) is 0.446. The number of sulfonamides is 1. The minimum Gasteiger partial charge on any atom is -0.378 e. The molecule has 2 unspecified atom stereocenters. The zero-order valence-electron chi connectivity index (χ0n) is 19.6. The highest BCUT2D eigenvalue weighted by Crippen LogP contribution is 2.47. The van der Waals surface area contributed by atoms with Gasteiger partial charge >= 0.3 is 0 Å². The largest absolute Gasteiger partial charge is 0.378 e. The van der Waals surface area contributed by atoms with Gasteiger partial charge in [-0.3, -0.25) is 9.52 Å². The highest BCUT2D eigenvalue weighted by atomic mass is 32.2. The fraction of sp³-hybridized carbons (Fsp3) is 0.296. The van der Waals surface area contributed by atoms with Crippen molar-refractivity contribution in [2.24, 2.45) is 5.92 Å². The summed E-state index contributed by atoms with van der Waals surface area (Å²) in [5.41, 5.74) is 6.45. The van der Waals surface area contributed by atoms with E-state index in [1.165, 1.54) is 0 Å². The van der Waals surface area contributed by atoms with Gasteiger partial charge < -0.3 is 10.6 Å². The van der Waals surface area contributed by atoms with Crippen molar-refractivity contribution in [1.29, 1.82) is 0 Å². The molecule has 0 bridgehead atoms. The van der Waals surface area contributed by atoms with Crippen molar-refractivity contribution in [1.82, 2.24) is 5.32 Å². The molecular weight excluding hydrogens is 446 g/mol. The molecule has 0 aliphatic carbocycles. The van der Waals surface area contributed by atoms with E-state index in [0.29, 0.717) is 11.3 Å². The zero-order chi connectivity index (χ0) is 24.0. The maximum absolute atomic E-state index is 13.2. The first kappa shape index (κ1) is 22.6. The summed E-state index contributed by atoms with van der Waals surface area (Å²) in [5.74, 6) is 0.332. The number of nitrogens with one attached hydrogen (secondary N) is 3. The smallest absolute Gasteiger partial charge is 0.261 e. The molecule has 0 radical (unpaired) electrons. The second kappa shape index (κ2) is 8.56. The van der Waals surface area contributed by atoms with Gasteiger partial charge in [0.2, 0.25) is 0 Å². The Kier molecular flexibility index (Phi) is 5.70. The van der Waals surface area contributed by atoms with Crippen molar-refractivity contribution < 1.29 is 13.2 Å². The number of anilines is 2. The van der Waals surface area contributed by atoms with Gasteiger partial charge in [0.1, 0.15) is 0 Å². The lowest BCUT2D eigenvalue weighted by Gasteiger charge is -2.37. The molecular formula is C27H29N3O3S. The SMILES string of the molecule is CC(=O)c1ccc([C@@H]2Nc3ccc(S(=O)(=O)Nc4ccc(C)c(C)c4)cc3C3NCCC32)cc1. The Morgan fingerprint density at radius 1 is 0.941 bits per heavy atom. The van der Waals surface area contributed by atoms with Crippen molar-refractivity contribution in [3.8, 4) is 0 Å². The van der Waals surface area contributed by atoms with Crippen molar-refractivity contribution in [3.63, 3.8) is 0 Å². The predicted molar refractivity (Wildman–Crippen MR) is 135 cm³/mol. The summed E-state index contributed by atoms with van der Waals surface area (Å²) in [6.07, 6.45) is 0.980. The molecule has 1 saturated heterocycles. The summed E-state index contributed by atoms with van der Waals surface area (Å²) >= 11 is 0. The van der Waals surface area contributed by atoms with Crippen LogP contribution in [-0.2, 0) is 10.0 Å². The van der Waals surface area contributed by atoms with Crippen LogP contribution in [0.25, 0.3) is 0 Å². The summed E-state index contributed by atoms with van der Waals surface area (Å²) in [6.45, 7) is 6.41. The molecule has 34 heavy (non-hydrogen) atoms. The van der Waals surface area contributed by atoms with Crippen LogP contribution in [0.2, 0.25) is 0 Å². The van der Waals surface area contributed by atoms with E-state index >= 15 is 0 Å². The van der Waals surface area contributed by atoms with E-state index in [9.17, 15) is 13.2 Å². The molecule has 176 valence electrons. The number of rotatable bonds is 5. The third kappa shape index (κ3) is 4.10. The predicted octanol–water partition coefficient (Wildman–Crippen LogP) is 5.12. The van der Waals surface area contributed by atoms with E-state index in [-0.39, 0.29) is 28.7 Å². The number of hydrogen-bond donors (Lipinski definition) is 3. The first-order valence-electron chi connectivity index (χ1n) is 11.6. The first-order chi connectivity index (χ1) is 16.2. The lowest BCUT2D eigenvalue weighted by Crippen LogP contribution is -2.32. The van der Waals surface area contributed by atoms with Crippen LogP contribution >= 0.6 is 0 Å². The summed E-state index contributed by atoms with van der Waals surface area (Å²) in [5, 5.41) is 7.21. The van der Waals surface area contributed by atoms with E-state index in [0.717, 1.165) is 40.9 Å². The molecule has 3 atom stereocenters. The van der Waals surface area contributed by atoms with E-state index < -0.39 is 10.0 Å². The van der Waals surface area contributed by atoms with E-state index in [1.54, 1.807) is 25.1 Å². The molecule has 0 spiro atoms. The zero-order valence-corrected chi connectivity index (χ0v) is 20.4. The average Bonchev–Trinajstić information content (AvgIpc) is 3.31. The molecule has 0 saturated carbocycles. The summed E-state index contributed by atoms with van der Waals surface area (Å²) in [7, 11) is -3.72. The third-order valence-electron chi connectivity index (χ3n) is 7.11. The summed E-state index contributed by atoms with van der Waals surface area (Å²) in [4.78, 5) is 11.9. The summed E-state index contributed by atoms with van der Waals surface area (Å²) in [6, 6.07) is 18.8. The van der Waals surface area contributed by atoms with Crippen LogP contribution in [-0.4, -0.2) is 20.7 Å². The van der Waals surface area contributed by atoms with Gasteiger partial charge in [0.05, 0.1) is 10.9 Å². The number of hydrogen-bond acceptors (Lipinski definition) is 5. The van der Waals surface area contributed by atoms with E-state index in [1.807, 2.05) is 56.3 Å². The average molecular weight is 476 g/mol. The molecule has 2 aliphatic heterocycles. The molecule has 0 amide bonds. The minimum absolute atomic E-state index is 0.0528. The molecule has 6 nitrogen and oxygen atoms in total. The lowest BCUT2D eigenvalue weighted by atomic mass is 9.80. The van der Waals surface area contributed by atoms with Gasteiger partial charge in [-0.05, 0) is 86.3 Å². The molecule has 0 aromatic heterocycles. The number of ketones is 1. The number of Topliss-reactive ketones (excluding diaryl/α,β-unsaturated/α-hetero) is 1.